The van der Waals surface area contributed by atoms with Crippen molar-refractivity contribution in [3.05, 3.63) is 10.4 Å². The molecule has 0 amide bonds. The maximum Gasteiger partial charge on any atom is 1.00 e. The van der Waals surface area contributed by atoms with Crippen LogP contribution in [0.3, 0.4) is 0 Å². The van der Waals surface area contributed by atoms with E-state index >= 15 is 0 Å². The third-order valence-corrected chi connectivity index (χ3v) is 2.98. The van der Waals surface area contributed by atoms with E-state index in [0.717, 1.165) is 12.5 Å². The number of nitrogens with zero attached hydrogens (tertiary/aromatic N) is 3. The molecule has 0 bridgehead atoms. The van der Waals surface area contributed by atoms with Gasteiger partial charge in [0.1, 0.15) is 0 Å². The smallest absolute Gasteiger partial charge is 0.270 e. The van der Waals surface area contributed by atoms with Crippen LogP contribution in [0.4, 0.5) is 0 Å². The normalized spacial score (nSPS) is 14.9. The summed E-state index contributed by atoms with van der Waals surface area (Å²) in [6.45, 7) is 0.961. The van der Waals surface area contributed by atoms with Gasteiger partial charge in [-0.2, -0.15) is 16.8 Å². The molecule has 0 heterocycles. The zero-order chi connectivity index (χ0) is 14.4. The van der Waals surface area contributed by atoms with E-state index in [1.807, 2.05) is 0 Å². The fourth-order valence-corrected chi connectivity index (χ4v) is 1.76. The second-order valence-electron chi connectivity index (χ2n) is 3.73. The Morgan fingerprint density at radius 3 is 1.89 bits per heavy atom. The average Bonchev–Trinajstić information content (AvgIpc) is 2.18. The van der Waals surface area contributed by atoms with Crippen molar-refractivity contribution in [1.29, 1.82) is 0 Å². The third-order valence-electron chi connectivity index (χ3n) is 1.85. The topological polar surface area (TPSA) is 136 Å². The van der Waals surface area contributed by atoms with Crippen molar-refractivity contribution < 1.29 is 54.8 Å². The fraction of sp³-hybridized carbons (Fsp3) is 1.00. The van der Waals surface area contributed by atoms with Gasteiger partial charge in [-0.15, -0.1) is 0 Å². The molecule has 0 aliphatic carbocycles. The SMILES string of the molecule is C[C@H](COS(C)(=O)=O)C(COS(C)(=O)=O)N=[N+]=[N-].[Na+]. The van der Waals surface area contributed by atoms with Gasteiger partial charge in [-0.05, 0) is 11.4 Å². The van der Waals surface area contributed by atoms with E-state index in [1.54, 1.807) is 6.92 Å². The first-order chi connectivity index (χ1) is 8.05. The standard InChI is InChI=1S/C7H15N3O6S2.Na/c1-6(4-15-17(2,11)12)7(9-10-8)5-16-18(3,13)14;/h6-7H,4-5H2,1-3H3;/q;+1/t6-,7?;/m1./s1. The number of rotatable bonds is 8. The molecule has 0 fully saturated rings. The molecule has 0 saturated heterocycles. The summed E-state index contributed by atoms with van der Waals surface area (Å²) >= 11 is 0. The van der Waals surface area contributed by atoms with Crippen LogP contribution in [0.25, 0.3) is 10.4 Å². The van der Waals surface area contributed by atoms with Crippen molar-refractivity contribution in [3.63, 3.8) is 0 Å². The largest absolute Gasteiger partial charge is 1.00 e. The summed E-state index contributed by atoms with van der Waals surface area (Å²) in [4.78, 5) is 2.55. The summed E-state index contributed by atoms with van der Waals surface area (Å²) in [5.74, 6) is -0.516. The number of hydrogen-bond donors (Lipinski definition) is 0. The van der Waals surface area contributed by atoms with Gasteiger partial charge in [0.15, 0.2) is 0 Å². The molecule has 19 heavy (non-hydrogen) atoms. The predicted molar refractivity (Wildman–Crippen MR) is 63.7 cm³/mol. The van der Waals surface area contributed by atoms with Crippen molar-refractivity contribution in [2.24, 2.45) is 11.0 Å². The summed E-state index contributed by atoms with van der Waals surface area (Å²) in [6, 6.07) is -0.841. The van der Waals surface area contributed by atoms with Crippen LogP contribution < -0.4 is 29.6 Å². The molecule has 0 aromatic heterocycles. The Kier molecular flexibility index (Phi) is 10.3. The first kappa shape index (κ1) is 21.4. The van der Waals surface area contributed by atoms with Gasteiger partial charge in [0, 0.05) is 4.91 Å². The first-order valence-electron chi connectivity index (χ1n) is 4.78. The molecule has 0 aromatic carbocycles. The average molecular weight is 324 g/mol. The molecule has 0 N–H and O–H groups in total. The molecule has 1 unspecified atom stereocenters. The van der Waals surface area contributed by atoms with Gasteiger partial charge in [-0.25, -0.2) is 0 Å². The molecule has 0 rings (SSSR count). The van der Waals surface area contributed by atoms with Gasteiger partial charge >= 0.3 is 29.6 Å². The predicted octanol–water partition coefficient (Wildman–Crippen LogP) is -2.74. The maximum atomic E-state index is 10.8. The molecular formula is C7H15N3NaO6S2+. The quantitative estimate of drug-likeness (QED) is 0.156. The minimum absolute atomic E-state index is 0. The van der Waals surface area contributed by atoms with Crippen LogP contribution in [0.15, 0.2) is 5.11 Å². The summed E-state index contributed by atoms with van der Waals surface area (Å²) in [7, 11) is -7.26. The van der Waals surface area contributed by atoms with Gasteiger partial charge in [-0.1, -0.05) is 12.0 Å². The zero-order valence-corrected chi connectivity index (χ0v) is 14.8. The van der Waals surface area contributed by atoms with E-state index in [1.165, 1.54) is 0 Å². The molecule has 12 heteroatoms. The molecular weight excluding hydrogens is 309 g/mol. The number of azide groups is 1. The van der Waals surface area contributed by atoms with Crippen molar-refractivity contribution in [2.75, 3.05) is 25.7 Å². The van der Waals surface area contributed by atoms with E-state index in [2.05, 4.69) is 18.4 Å². The van der Waals surface area contributed by atoms with E-state index in [9.17, 15) is 16.8 Å². The van der Waals surface area contributed by atoms with Crippen molar-refractivity contribution >= 4 is 20.2 Å². The molecule has 0 aliphatic rings. The fourth-order valence-electron chi connectivity index (χ4n) is 0.913. The second-order valence-corrected chi connectivity index (χ2v) is 7.01. The first-order valence-corrected chi connectivity index (χ1v) is 8.41. The Labute approximate surface area is 134 Å². The monoisotopic (exact) mass is 324 g/mol. The molecule has 9 nitrogen and oxygen atoms in total. The van der Waals surface area contributed by atoms with Crippen LogP contribution in [0.1, 0.15) is 6.92 Å². The Hall–Kier alpha value is 0.130. The minimum atomic E-state index is -3.66. The van der Waals surface area contributed by atoms with Gasteiger partial charge in [0.25, 0.3) is 20.2 Å². The third kappa shape index (κ3) is 12.9. The van der Waals surface area contributed by atoms with Crippen LogP contribution >= 0.6 is 0 Å². The maximum absolute atomic E-state index is 10.8. The van der Waals surface area contributed by atoms with Crippen molar-refractivity contribution in [1.82, 2.24) is 0 Å². The molecule has 106 valence electrons. The molecule has 0 radical (unpaired) electrons. The minimum Gasteiger partial charge on any atom is -0.270 e. The van der Waals surface area contributed by atoms with Crippen LogP contribution in [0, 0.1) is 5.92 Å². The van der Waals surface area contributed by atoms with Crippen LogP contribution in [-0.4, -0.2) is 48.6 Å². The molecule has 0 saturated carbocycles. The van der Waals surface area contributed by atoms with E-state index < -0.39 is 32.2 Å². The Balaban J connectivity index is 0. The van der Waals surface area contributed by atoms with Crippen LogP contribution in [0.5, 0.6) is 0 Å². The summed E-state index contributed by atoms with van der Waals surface area (Å²) in [5.41, 5.74) is 8.34. The van der Waals surface area contributed by atoms with Crippen LogP contribution in [-0.2, 0) is 28.6 Å². The van der Waals surface area contributed by atoms with Gasteiger partial charge in [0.2, 0.25) is 0 Å². The Morgan fingerprint density at radius 1 is 1.11 bits per heavy atom. The molecule has 0 aliphatic heterocycles. The molecule has 2 atom stereocenters. The van der Waals surface area contributed by atoms with E-state index in [4.69, 9.17) is 5.53 Å². The summed E-state index contributed by atoms with van der Waals surface area (Å²) in [5, 5.41) is 3.34. The molecule has 0 spiro atoms. The Morgan fingerprint density at radius 2 is 1.53 bits per heavy atom. The van der Waals surface area contributed by atoms with Crippen molar-refractivity contribution in [2.45, 2.75) is 13.0 Å². The Bertz CT molecular complexity index is 513. The van der Waals surface area contributed by atoms with Gasteiger partial charge < -0.3 is 0 Å². The molecule has 0 aromatic rings. The summed E-state index contributed by atoms with van der Waals surface area (Å²) < 4.78 is 52.2. The van der Waals surface area contributed by atoms with Gasteiger partial charge in [0.05, 0.1) is 31.8 Å². The van der Waals surface area contributed by atoms with Gasteiger partial charge in [-0.3, -0.25) is 8.37 Å². The number of hydrogen-bond acceptors (Lipinski definition) is 7. The van der Waals surface area contributed by atoms with Crippen molar-refractivity contribution in [3.8, 4) is 0 Å². The van der Waals surface area contributed by atoms with E-state index in [0.29, 0.717) is 0 Å². The zero-order valence-electron chi connectivity index (χ0n) is 11.2. The second kappa shape index (κ2) is 9.14. The van der Waals surface area contributed by atoms with E-state index in [-0.39, 0.29) is 42.8 Å². The summed E-state index contributed by atoms with van der Waals surface area (Å²) in [6.07, 6.45) is 1.74. The van der Waals surface area contributed by atoms with Crippen LogP contribution in [0.2, 0.25) is 0 Å².